The molecular weight excluding hydrogens is 350 g/mol. The fourth-order valence-corrected chi connectivity index (χ4v) is 2.90. The molecule has 0 aromatic heterocycles. The predicted octanol–water partition coefficient (Wildman–Crippen LogP) is 3.08. The van der Waals surface area contributed by atoms with Gasteiger partial charge in [0.1, 0.15) is 5.75 Å². The van der Waals surface area contributed by atoms with E-state index in [4.69, 9.17) is 9.47 Å². The van der Waals surface area contributed by atoms with Gasteiger partial charge in [-0.25, -0.2) is 0 Å². The molecule has 0 spiro atoms. The van der Waals surface area contributed by atoms with E-state index in [0.29, 0.717) is 6.54 Å². The number of esters is 1. The van der Waals surface area contributed by atoms with E-state index < -0.39 is 12.1 Å². The summed E-state index contributed by atoms with van der Waals surface area (Å²) in [7, 11) is 1.60. The van der Waals surface area contributed by atoms with Crippen molar-refractivity contribution in [2.24, 2.45) is 0 Å². The lowest BCUT2D eigenvalue weighted by Crippen LogP contribution is -2.37. The minimum atomic E-state index is -0.810. The maximum Gasteiger partial charge on any atom is 0.317 e. The summed E-state index contributed by atoms with van der Waals surface area (Å²) in [6, 6.07) is 17.3. The molecule has 0 saturated carbocycles. The van der Waals surface area contributed by atoms with Crippen molar-refractivity contribution < 1.29 is 19.1 Å². The lowest BCUT2D eigenvalue weighted by molar-refractivity contribution is -0.152. The number of rotatable bonds is 9. The van der Waals surface area contributed by atoms with Crippen LogP contribution in [0.2, 0.25) is 0 Å². The number of nitrogens with one attached hydrogen (secondary N) is 1. The van der Waals surface area contributed by atoms with Crippen molar-refractivity contribution in [3.05, 3.63) is 60.2 Å². The molecule has 2 rings (SSSR count). The smallest absolute Gasteiger partial charge is 0.317 e. The molecule has 138 valence electrons. The van der Waals surface area contributed by atoms with Crippen molar-refractivity contribution in [2.75, 3.05) is 19.4 Å². The number of benzene rings is 2. The zero-order chi connectivity index (χ0) is 18.8. The molecule has 0 bridgehead atoms. The third-order valence-electron chi connectivity index (χ3n) is 3.65. The summed E-state index contributed by atoms with van der Waals surface area (Å²) >= 11 is 1.35. The van der Waals surface area contributed by atoms with Crippen LogP contribution in [0.15, 0.2) is 59.5 Å². The molecular formula is C20H23NO4S. The molecule has 2 aromatic rings. The molecule has 0 saturated heterocycles. The summed E-state index contributed by atoms with van der Waals surface area (Å²) in [5, 5.41) is 2.79. The second-order valence-electron chi connectivity index (χ2n) is 5.62. The standard InChI is InChI=1S/C20H23NO4S/c1-15(20(23)21-13-12-16-6-4-3-5-7-16)25-19(22)14-26-18-10-8-17(24-2)9-11-18/h3-11,15H,12-14H2,1-2H3,(H,21,23)/t15-/m0/s1. The number of hydrogen-bond donors (Lipinski definition) is 1. The Bertz CT molecular complexity index is 704. The second kappa shape index (κ2) is 10.5. The largest absolute Gasteiger partial charge is 0.497 e. The molecule has 0 aliphatic heterocycles. The molecule has 26 heavy (non-hydrogen) atoms. The molecule has 1 amide bonds. The first-order valence-corrected chi connectivity index (χ1v) is 9.35. The quantitative estimate of drug-likeness (QED) is 0.541. The molecule has 6 heteroatoms. The Hall–Kier alpha value is -2.47. The van der Waals surface area contributed by atoms with Crippen LogP contribution in [0.3, 0.4) is 0 Å². The SMILES string of the molecule is COc1ccc(SCC(=O)O[C@@H](C)C(=O)NCCc2ccccc2)cc1. The van der Waals surface area contributed by atoms with Gasteiger partial charge < -0.3 is 14.8 Å². The maximum absolute atomic E-state index is 12.0. The minimum Gasteiger partial charge on any atom is -0.497 e. The van der Waals surface area contributed by atoms with Crippen LogP contribution in [0.25, 0.3) is 0 Å². The highest BCUT2D eigenvalue weighted by Gasteiger charge is 2.17. The molecule has 0 aliphatic rings. The van der Waals surface area contributed by atoms with Crippen molar-refractivity contribution in [3.8, 4) is 5.75 Å². The van der Waals surface area contributed by atoms with Gasteiger partial charge in [0.15, 0.2) is 6.10 Å². The van der Waals surface area contributed by atoms with Gasteiger partial charge in [-0.1, -0.05) is 30.3 Å². The first kappa shape index (κ1) is 19.8. The zero-order valence-electron chi connectivity index (χ0n) is 14.9. The molecule has 0 unspecified atom stereocenters. The van der Waals surface area contributed by atoms with Gasteiger partial charge in [0, 0.05) is 11.4 Å². The molecule has 5 nitrogen and oxygen atoms in total. The number of carbonyl (C=O) groups excluding carboxylic acids is 2. The van der Waals surface area contributed by atoms with Gasteiger partial charge in [0.05, 0.1) is 12.9 Å². The van der Waals surface area contributed by atoms with Crippen LogP contribution in [0, 0.1) is 0 Å². The molecule has 0 radical (unpaired) electrons. The Balaban J connectivity index is 1.67. The Kier molecular flexibility index (Phi) is 8.02. The third-order valence-corrected chi connectivity index (χ3v) is 4.63. The van der Waals surface area contributed by atoms with Gasteiger partial charge in [0.25, 0.3) is 5.91 Å². The molecule has 2 aromatic carbocycles. The van der Waals surface area contributed by atoms with E-state index in [1.54, 1.807) is 14.0 Å². The Morgan fingerprint density at radius 2 is 1.77 bits per heavy atom. The summed E-state index contributed by atoms with van der Waals surface area (Å²) in [5.41, 5.74) is 1.15. The maximum atomic E-state index is 12.0. The highest BCUT2D eigenvalue weighted by atomic mass is 32.2. The Morgan fingerprint density at radius 1 is 1.08 bits per heavy atom. The van der Waals surface area contributed by atoms with Gasteiger partial charge in [-0.2, -0.15) is 0 Å². The molecule has 0 aliphatic carbocycles. The number of amides is 1. The van der Waals surface area contributed by atoms with E-state index in [0.717, 1.165) is 22.6 Å². The van der Waals surface area contributed by atoms with Gasteiger partial charge in [-0.15, -0.1) is 11.8 Å². The molecule has 0 fully saturated rings. The van der Waals surface area contributed by atoms with Crippen molar-refractivity contribution in [2.45, 2.75) is 24.3 Å². The summed E-state index contributed by atoms with van der Waals surface area (Å²) in [6.07, 6.45) is -0.0738. The van der Waals surface area contributed by atoms with Gasteiger partial charge in [0.2, 0.25) is 0 Å². The van der Waals surface area contributed by atoms with Crippen LogP contribution in [0.4, 0.5) is 0 Å². The first-order valence-electron chi connectivity index (χ1n) is 8.36. The normalized spacial score (nSPS) is 11.5. The van der Waals surface area contributed by atoms with Crippen molar-refractivity contribution >= 4 is 23.6 Å². The number of thioether (sulfide) groups is 1. The lowest BCUT2D eigenvalue weighted by atomic mass is 10.1. The topological polar surface area (TPSA) is 64.6 Å². The monoisotopic (exact) mass is 373 g/mol. The lowest BCUT2D eigenvalue weighted by Gasteiger charge is -2.13. The minimum absolute atomic E-state index is 0.147. The third kappa shape index (κ3) is 6.80. The van der Waals surface area contributed by atoms with Crippen LogP contribution in [0.5, 0.6) is 5.75 Å². The van der Waals surface area contributed by atoms with E-state index in [1.165, 1.54) is 11.8 Å². The van der Waals surface area contributed by atoms with Crippen LogP contribution < -0.4 is 10.1 Å². The number of carbonyl (C=O) groups is 2. The fourth-order valence-electron chi connectivity index (χ4n) is 2.22. The van der Waals surface area contributed by atoms with E-state index in [2.05, 4.69) is 5.32 Å². The fraction of sp³-hybridized carbons (Fsp3) is 0.300. The molecule has 1 atom stereocenters. The van der Waals surface area contributed by atoms with Crippen molar-refractivity contribution in [3.63, 3.8) is 0 Å². The predicted molar refractivity (Wildman–Crippen MR) is 102 cm³/mol. The number of methoxy groups -OCH3 is 1. The van der Waals surface area contributed by atoms with Gasteiger partial charge in [-0.05, 0) is 43.2 Å². The average molecular weight is 373 g/mol. The van der Waals surface area contributed by atoms with Crippen LogP contribution in [0.1, 0.15) is 12.5 Å². The number of ether oxygens (including phenoxy) is 2. The van der Waals surface area contributed by atoms with Gasteiger partial charge >= 0.3 is 5.97 Å². The highest BCUT2D eigenvalue weighted by Crippen LogP contribution is 2.21. The number of hydrogen-bond acceptors (Lipinski definition) is 5. The summed E-state index contributed by atoms with van der Waals surface area (Å²) in [6.45, 7) is 2.08. The summed E-state index contributed by atoms with van der Waals surface area (Å²) in [4.78, 5) is 24.8. The zero-order valence-corrected chi connectivity index (χ0v) is 15.8. The Morgan fingerprint density at radius 3 is 2.42 bits per heavy atom. The van der Waals surface area contributed by atoms with Crippen LogP contribution >= 0.6 is 11.8 Å². The van der Waals surface area contributed by atoms with Crippen molar-refractivity contribution in [1.82, 2.24) is 5.32 Å². The summed E-state index contributed by atoms with van der Waals surface area (Å²) in [5.74, 6) is 0.200. The van der Waals surface area contributed by atoms with E-state index in [-0.39, 0.29) is 11.7 Å². The van der Waals surface area contributed by atoms with Crippen LogP contribution in [-0.2, 0) is 20.7 Å². The second-order valence-corrected chi connectivity index (χ2v) is 6.67. The van der Waals surface area contributed by atoms with E-state index >= 15 is 0 Å². The summed E-state index contributed by atoms with van der Waals surface area (Å²) < 4.78 is 10.3. The van der Waals surface area contributed by atoms with Crippen molar-refractivity contribution in [1.29, 1.82) is 0 Å². The molecule has 0 heterocycles. The first-order chi connectivity index (χ1) is 12.6. The van der Waals surface area contributed by atoms with E-state index in [1.807, 2.05) is 54.6 Å². The highest BCUT2D eigenvalue weighted by molar-refractivity contribution is 8.00. The molecule has 1 N–H and O–H groups in total. The van der Waals surface area contributed by atoms with E-state index in [9.17, 15) is 9.59 Å². The van der Waals surface area contributed by atoms with Crippen LogP contribution in [-0.4, -0.2) is 37.4 Å². The van der Waals surface area contributed by atoms with Gasteiger partial charge in [-0.3, -0.25) is 9.59 Å². The Labute approximate surface area is 158 Å². The average Bonchev–Trinajstić information content (AvgIpc) is 2.67.